The monoisotopic (exact) mass is 126 g/mol. The molecule has 1 aliphatic rings. The maximum atomic E-state index is 7.17. The minimum Gasteiger partial charge on any atom is -0.387 e. The van der Waals surface area contributed by atoms with Crippen LogP contribution in [0.1, 0.15) is 32.1 Å². The Hall–Kier alpha value is -0.530. The molecule has 2 heteroatoms. The van der Waals surface area contributed by atoms with Crippen molar-refractivity contribution in [3.05, 3.63) is 0 Å². The molecule has 3 N–H and O–H groups in total. The Kier molecular flexibility index (Phi) is 2.09. The Bertz CT molecular complexity index is 103. The lowest BCUT2D eigenvalue weighted by Gasteiger charge is -2.19. The summed E-state index contributed by atoms with van der Waals surface area (Å²) >= 11 is 0. The molecule has 1 aliphatic carbocycles. The number of hydrogen-bond acceptors (Lipinski definition) is 1. The van der Waals surface area contributed by atoms with E-state index in [-0.39, 0.29) is 0 Å². The van der Waals surface area contributed by atoms with Crippen molar-refractivity contribution in [1.82, 2.24) is 0 Å². The van der Waals surface area contributed by atoms with Crippen molar-refractivity contribution in [3.8, 4) is 0 Å². The summed E-state index contributed by atoms with van der Waals surface area (Å²) in [6.07, 6.45) is 6.17. The fraction of sp³-hybridized carbons (Fsp3) is 0.857. The van der Waals surface area contributed by atoms with Crippen molar-refractivity contribution in [2.45, 2.75) is 32.1 Å². The van der Waals surface area contributed by atoms with Gasteiger partial charge in [-0.05, 0) is 12.8 Å². The van der Waals surface area contributed by atoms with Gasteiger partial charge in [0, 0.05) is 5.92 Å². The van der Waals surface area contributed by atoms with E-state index in [1.807, 2.05) is 0 Å². The zero-order valence-electron chi connectivity index (χ0n) is 5.69. The summed E-state index contributed by atoms with van der Waals surface area (Å²) in [5.41, 5.74) is 5.35. The van der Waals surface area contributed by atoms with Crippen LogP contribution in [0.2, 0.25) is 0 Å². The Balaban J connectivity index is 2.31. The molecule has 1 fully saturated rings. The SMILES string of the molecule is N=C(N)C1CCCCC1. The summed E-state index contributed by atoms with van der Waals surface area (Å²) in [6.45, 7) is 0. The standard InChI is InChI=1S/C7H14N2/c8-7(9)6-4-2-1-3-5-6/h6H,1-5H2,(H3,8,9). The molecule has 0 aromatic heterocycles. The average Bonchev–Trinajstić information content (AvgIpc) is 1.90. The van der Waals surface area contributed by atoms with Gasteiger partial charge in [-0.15, -0.1) is 0 Å². The molecule has 2 nitrogen and oxygen atoms in total. The van der Waals surface area contributed by atoms with Crippen LogP contribution in [0.3, 0.4) is 0 Å². The van der Waals surface area contributed by atoms with E-state index in [0.29, 0.717) is 11.8 Å². The van der Waals surface area contributed by atoms with Crippen molar-refractivity contribution >= 4 is 5.84 Å². The first-order valence-corrected chi connectivity index (χ1v) is 3.64. The van der Waals surface area contributed by atoms with E-state index in [0.717, 1.165) is 12.8 Å². The summed E-state index contributed by atoms with van der Waals surface area (Å²) in [6, 6.07) is 0. The van der Waals surface area contributed by atoms with Gasteiger partial charge in [-0.2, -0.15) is 0 Å². The highest BCUT2D eigenvalue weighted by molar-refractivity contribution is 5.79. The van der Waals surface area contributed by atoms with Gasteiger partial charge in [-0.3, -0.25) is 5.41 Å². The van der Waals surface area contributed by atoms with Crippen LogP contribution in [-0.4, -0.2) is 5.84 Å². The van der Waals surface area contributed by atoms with Crippen LogP contribution in [0.15, 0.2) is 0 Å². The van der Waals surface area contributed by atoms with Crippen LogP contribution in [0, 0.1) is 11.3 Å². The zero-order chi connectivity index (χ0) is 6.69. The van der Waals surface area contributed by atoms with Gasteiger partial charge in [-0.25, -0.2) is 0 Å². The maximum absolute atomic E-state index is 7.17. The number of amidine groups is 1. The minimum absolute atomic E-state index is 0.398. The van der Waals surface area contributed by atoms with Crippen molar-refractivity contribution in [2.24, 2.45) is 11.7 Å². The normalized spacial score (nSPS) is 21.8. The quantitative estimate of drug-likeness (QED) is 0.406. The first-order chi connectivity index (χ1) is 4.30. The van der Waals surface area contributed by atoms with Gasteiger partial charge in [0.25, 0.3) is 0 Å². The van der Waals surface area contributed by atoms with Gasteiger partial charge in [0.1, 0.15) is 0 Å². The third-order valence-electron chi connectivity index (χ3n) is 2.04. The van der Waals surface area contributed by atoms with Crippen molar-refractivity contribution in [3.63, 3.8) is 0 Å². The Morgan fingerprint density at radius 1 is 1.22 bits per heavy atom. The molecular weight excluding hydrogens is 112 g/mol. The predicted molar refractivity (Wildman–Crippen MR) is 38.5 cm³/mol. The van der Waals surface area contributed by atoms with Gasteiger partial charge in [0.05, 0.1) is 5.84 Å². The summed E-state index contributed by atoms with van der Waals surface area (Å²) in [7, 11) is 0. The van der Waals surface area contributed by atoms with E-state index >= 15 is 0 Å². The van der Waals surface area contributed by atoms with Crippen LogP contribution >= 0.6 is 0 Å². The van der Waals surface area contributed by atoms with E-state index < -0.39 is 0 Å². The van der Waals surface area contributed by atoms with Gasteiger partial charge >= 0.3 is 0 Å². The highest BCUT2D eigenvalue weighted by atomic mass is 14.7. The molecule has 0 aliphatic heterocycles. The molecule has 0 spiro atoms. The van der Waals surface area contributed by atoms with E-state index in [1.54, 1.807) is 0 Å². The molecule has 0 heterocycles. The van der Waals surface area contributed by atoms with Crippen LogP contribution in [0.25, 0.3) is 0 Å². The smallest absolute Gasteiger partial charge is 0.0936 e. The van der Waals surface area contributed by atoms with Crippen LogP contribution < -0.4 is 5.73 Å². The number of nitrogens with two attached hydrogens (primary N) is 1. The molecule has 0 saturated heterocycles. The van der Waals surface area contributed by atoms with Crippen LogP contribution in [0.4, 0.5) is 0 Å². The summed E-state index contributed by atoms with van der Waals surface area (Å²) < 4.78 is 0. The lowest BCUT2D eigenvalue weighted by atomic mass is 9.89. The topological polar surface area (TPSA) is 49.9 Å². The van der Waals surface area contributed by atoms with E-state index in [2.05, 4.69) is 0 Å². The lowest BCUT2D eigenvalue weighted by molar-refractivity contribution is 0.436. The molecule has 0 atom stereocenters. The van der Waals surface area contributed by atoms with Gasteiger partial charge in [0.2, 0.25) is 0 Å². The lowest BCUT2D eigenvalue weighted by Crippen LogP contribution is -2.24. The molecule has 0 amide bonds. The van der Waals surface area contributed by atoms with Gasteiger partial charge in [-0.1, -0.05) is 19.3 Å². The first kappa shape index (κ1) is 6.59. The fourth-order valence-electron chi connectivity index (χ4n) is 1.41. The molecule has 52 valence electrons. The van der Waals surface area contributed by atoms with E-state index in [4.69, 9.17) is 11.1 Å². The van der Waals surface area contributed by atoms with E-state index in [9.17, 15) is 0 Å². The number of rotatable bonds is 1. The zero-order valence-corrected chi connectivity index (χ0v) is 5.69. The Morgan fingerprint density at radius 2 is 1.78 bits per heavy atom. The first-order valence-electron chi connectivity index (χ1n) is 3.64. The largest absolute Gasteiger partial charge is 0.387 e. The molecule has 0 aromatic rings. The van der Waals surface area contributed by atoms with E-state index in [1.165, 1.54) is 19.3 Å². The molecule has 9 heavy (non-hydrogen) atoms. The number of hydrogen-bond donors (Lipinski definition) is 2. The second-order valence-electron chi connectivity index (χ2n) is 2.79. The Labute approximate surface area is 55.9 Å². The predicted octanol–water partition coefficient (Wildman–Crippen LogP) is 1.50. The molecule has 0 unspecified atom stereocenters. The van der Waals surface area contributed by atoms with Crippen LogP contribution in [0.5, 0.6) is 0 Å². The highest BCUT2D eigenvalue weighted by Crippen LogP contribution is 2.22. The molecular formula is C7H14N2. The molecule has 0 bridgehead atoms. The van der Waals surface area contributed by atoms with Crippen molar-refractivity contribution in [1.29, 1.82) is 5.41 Å². The van der Waals surface area contributed by atoms with Gasteiger partial charge < -0.3 is 5.73 Å². The third-order valence-corrected chi connectivity index (χ3v) is 2.04. The maximum Gasteiger partial charge on any atom is 0.0936 e. The fourth-order valence-corrected chi connectivity index (χ4v) is 1.41. The van der Waals surface area contributed by atoms with Gasteiger partial charge in [0.15, 0.2) is 0 Å². The second-order valence-corrected chi connectivity index (χ2v) is 2.79. The highest BCUT2D eigenvalue weighted by Gasteiger charge is 2.14. The van der Waals surface area contributed by atoms with Crippen molar-refractivity contribution in [2.75, 3.05) is 0 Å². The van der Waals surface area contributed by atoms with Crippen LogP contribution in [-0.2, 0) is 0 Å². The Morgan fingerprint density at radius 3 is 2.11 bits per heavy atom. The summed E-state index contributed by atoms with van der Waals surface area (Å²) in [4.78, 5) is 0. The minimum atomic E-state index is 0.398. The molecule has 0 aromatic carbocycles. The second kappa shape index (κ2) is 2.85. The molecule has 0 radical (unpaired) electrons. The third kappa shape index (κ3) is 1.70. The summed E-state index contributed by atoms with van der Waals surface area (Å²) in [5, 5.41) is 7.17. The summed E-state index contributed by atoms with van der Waals surface area (Å²) in [5.74, 6) is 0.813. The molecule has 1 saturated carbocycles. The number of nitrogens with one attached hydrogen (secondary N) is 1. The molecule has 1 rings (SSSR count). The van der Waals surface area contributed by atoms with Crippen molar-refractivity contribution < 1.29 is 0 Å². The average molecular weight is 126 g/mol.